The zero-order valence-electron chi connectivity index (χ0n) is 14.9. The Morgan fingerprint density at radius 2 is 1.89 bits per heavy atom. The quantitative estimate of drug-likeness (QED) is 0.674. The van der Waals surface area contributed by atoms with Crippen molar-refractivity contribution in [2.75, 3.05) is 12.4 Å². The highest BCUT2D eigenvalue weighted by Gasteiger charge is 2.11. The zero-order valence-corrected chi connectivity index (χ0v) is 16.5. The first-order valence-corrected chi connectivity index (χ1v) is 9.04. The molecule has 1 amide bonds. The predicted molar refractivity (Wildman–Crippen MR) is 108 cm³/mol. The minimum absolute atomic E-state index is 0.194. The van der Waals surface area contributed by atoms with Crippen molar-refractivity contribution in [3.63, 3.8) is 0 Å². The molecule has 0 spiro atoms. The second-order valence-electron chi connectivity index (χ2n) is 5.97. The summed E-state index contributed by atoms with van der Waals surface area (Å²) in [5, 5.41) is 7.09. The van der Waals surface area contributed by atoms with Gasteiger partial charge in [0.15, 0.2) is 0 Å². The number of hydrogen-bond acceptors (Lipinski definition) is 4. The maximum absolute atomic E-state index is 12.4. The molecule has 1 N–H and O–H groups in total. The van der Waals surface area contributed by atoms with E-state index in [2.05, 4.69) is 26.3 Å². The number of carbonyl (C=O) groups excluding carboxylic acids is 1. The summed E-state index contributed by atoms with van der Waals surface area (Å²) in [7, 11) is 1.54. The van der Waals surface area contributed by atoms with E-state index in [0.717, 1.165) is 20.3 Å². The van der Waals surface area contributed by atoms with Crippen LogP contribution in [0.1, 0.15) is 5.56 Å². The van der Waals surface area contributed by atoms with Crippen LogP contribution in [-0.2, 0) is 11.3 Å². The number of aromatic nitrogens is 2. The molecule has 7 heteroatoms. The smallest absolute Gasteiger partial charge is 0.267 e. The highest BCUT2D eigenvalue weighted by Crippen LogP contribution is 2.25. The van der Waals surface area contributed by atoms with Crippen LogP contribution in [0.25, 0.3) is 11.3 Å². The van der Waals surface area contributed by atoms with Crippen LogP contribution in [0.2, 0.25) is 0 Å². The monoisotopic (exact) mass is 427 g/mol. The number of halogens is 1. The summed E-state index contributed by atoms with van der Waals surface area (Å²) in [5.41, 5.74) is 2.66. The van der Waals surface area contributed by atoms with Gasteiger partial charge < -0.3 is 10.1 Å². The third-order valence-electron chi connectivity index (χ3n) is 3.93. The maximum Gasteiger partial charge on any atom is 0.267 e. The summed E-state index contributed by atoms with van der Waals surface area (Å²) >= 11 is 3.39. The SMILES string of the molecule is COc1ccc(C)cc1NC(=O)Cn1nc(-c2ccc(Br)cc2)ccc1=O. The van der Waals surface area contributed by atoms with E-state index >= 15 is 0 Å². The summed E-state index contributed by atoms with van der Waals surface area (Å²) in [6.45, 7) is 1.73. The molecular formula is C20H18BrN3O3. The lowest BCUT2D eigenvalue weighted by Crippen LogP contribution is -2.29. The number of carbonyl (C=O) groups is 1. The number of amides is 1. The number of anilines is 1. The van der Waals surface area contributed by atoms with Crippen LogP contribution in [0, 0.1) is 6.92 Å². The molecule has 0 aliphatic heterocycles. The van der Waals surface area contributed by atoms with Gasteiger partial charge in [-0.15, -0.1) is 0 Å². The molecule has 27 heavy (non-hydrogen) atoms. The lowest BCUT2D eigenvalue weighted by molar-refractivity contribution is -0.117. The van der Waals surface area contributed by atoms with Gasteiger partial charge in [-0.3, -0.25) is 9.59 Å². The lowest BCUT2D eigenvalue weighted by Gasteiger charge is -2.12. The molecule has 3 rings (SSSR count). The number of rotatable bonds is 5. The molecule has 3 aromatic rings. The summed E-state index contributed by atoms with van der Waals surface area (Å²) in [4.78, 5) is 24.5. The molecule has 0 aliphatic rings. The van der Waals surface area contributed by atoms with Crippen LogP contribution >= 0.6 is 15.9 Å². The van der Waals surface area contributed by atoms with Crippen molar-refractivity contribution < 1.29 is 9.53 Å². The van der Waals surface area contributed by atoms with Gasteiger partial charge in [-0.25, -0.2) is 4.68 Å². The Bertz CT molecular complexity index is 1030. The Labute approximate surface area is 164 Å². The third-order valence-corrected chi connectivity index (χ3v) is 4.46. The van der Waals surface area contributed by atoms with Crippen molar-refractivity contribution in [3.05, 3.63) is 75.0 Å². The molecule has 0 radical (unpaired) electrons. The topological polar surface area (TPSA) is 73.2 Å². The predicted octanol–water partition coefficient (Wildman–Crippen LogP) is 3.63. The first-order chi connectivity index (χ1) is 13.0. The van der Waals surface area contributed by atoms with Gasteiger partial charge in [0.05, 0.1) is 18.5 Å². The molecule has 0 aliphatic carbocycles. The summed E-state index contributed by atoms with van der Waals surface area (Å²) in [6, 6.07) is 16.1. The van der Waals surface area contributed by atoms with Gasteiger partial charge in [-0.05, 0) is 42.8 Å². The molecule has 2 aromatic carbocycles. The van der Waals surface area contributed by atoms with E-state index in [1.807, 2.05) is 43.3 Å². The van der Waals surface area contributed by atoms with Gasteiger partial charge in [0.25, 0.3) is 5.56 Å². The molecule has 0 saturated heterocycles. The fraction of sp³-hybridized carbons (Fsp3) is 0.150. The fourth-order valence-electron chi connectivity index (χ4n) is 2.58. The number of nitrogens with one attached hydrogen (secondary N) is 1. The lowest BCUT2D eigenvalue weighted by atomic mass is 10.1. The number of aryl methyl sites for hydroxylation is 1. The number of nitrogens with zero attached hydrogens (tertiary/aromatic N) is 2. The van der Waals surface area contributed by atoms with Crippen LogP contribution in [-0.4, -0.2) is 22.8 Å². The van der Waals surface area contributed by atoms with Gasteiger partial charge in [-0.1, -0.05) is 34.1 Å². The van der Waals surface area contributed by atoms with E-state index in [1.165, 1.54) is 13.2 Å². The van der Waals surface area contributed by atoms with E-state index in [-0.39, 0.29) is 18.0 Å². The number of benzene rings is 2. The third kappa shape index (κ3) is 4.62. The number of hydrogen-bond donors (Lipinski definition) is 1. The average Bonchev–Trinajstić information content (AvgIpc) is 2.64. The Morgan fingerprint density at radius 3 is 2.59 bits per heavy atom. The Morgan fingerprint density at radius 1 is 1.15 bits per heavy atom. The molecule has 0 bridgehead atoms. The van der Waals surface area contributed by atoms with E-state index in [9.17, 15) is 9.59 Å². The zero-order chi connectivity index (χ0) is 19.4. The highest BCUT2D eigenvalue weighted by molar-refractivity contribution is 9.10. The largest absolute Gasteiger partial charge is 0.495 e. The summed E-state index contributed by atoms with van der Waals surface area (Å²) in [6.07, 6.45) is 0. The van der Waals surface area contributed by atoms with E-state index in [1.54, 1.807) is 12.1 Å². The molecule has 0 fully saturated rings. The Kier molecular flexibility index (Phi) is 5.71. The summed E-state index contributed by atoms with van der Waals surface area (Å²) in [5.74, 6) is 0.194. The van der Waals surface area contributed by atoms with Crippen LogP contribution in [0.4, 0.5) is 5.69 Å². The van der Waals surface area contributed by atoms with Gasteiger partial charge in [0.2, 0.25) is 5.91 Å². The Hall–Kier alpha value is -2.93. The first-order valence-electron chi connectivity index (χ1n) is 8.25. The summed E-state index contributed by atoms with van der Waals surface area (Å²) < 4.78 is 7.36. The standard InChI is InChI=1S/C20H18BrN3O3/c1-13-3-9-18(27-2)17(11-13)22-19(25)12-24-20(26)10-8-16(23-24)14-4-6-15(21)7-5-14/h3-11H,12H2,1-2H3,(H,22,25). The minimum Gasteiger partial charge on any atom is -0.495 e. The second-order valence-corrected chi connectivity index (χ2v) is 6.89. The van der Waals surface area contributed by atoms with Crippen molar-refractivity contribution in [2.24, 2.45) is 0 Å². The fourth-order valence-corrected chi connectivity index (χ4v) is 2.85. The molecule has 6 nitrogen and oxygen atoms in total. The molecule has 0 unspecified atom stereocenters. The molecule has 138 valence electrons. The minimum atomic E-state index is -0.360. The van der Waals surface area contributed by atoms with E-state index < -0.39 is 0 Å². The molecule has 0 atom stereocenters. The first kappa shape index (κ1) is 18.8. The van der Waals surface area contributed by atoms with Crippen LogP contribution < -0.4 is 15.6 Å². The van der Waals surface area contributed by atoms with Gasteiger partial charge in [-0.2, -0.15) is 5.10 Å². The average molecular weight is 428 g/mol. The maximum atomic E-state index is 12.4. The van der Waals surface area contributed by atoms with Crippen molar-refractivity contribution in [1.82, 2.24) is 9.78 Å². The molecule has 0 saturated carbocycles. The molecule has 1 aromatic heterocycles. The van der Waals surface area contributed by atoms with Crippen LogP contribution in [0.3, 0.4) is 0 Å². The van der Waals surface area contributed by atoms with Crippen molar-refractivity contribution in [2.45, 2.75) is 13.5 Å². The second kappa shape index (κ2) is 8.18. The molecule has 1 heterocycles. The van der Waals surface area contributed by atoms with Crippen molar-refractivity contribution in [1.29, 1.82) is 0 Å². The van der Waals surface area contributed by atoms with Gasteiger partial charge in [0, 0.05) is 16.1 Å². The highest BCUT2D eigenvalue weighted by atomic mass is 79.9. The van der Waals surface area contributed by atoms with E-state index in [0.29, 0.717) is 17.1 Å². The van der Waals surface area contributed by atoms with Crippen LogP contribution in [0.5, 0.6) is 5.75 Å². The van der Waals surface area contributed by atoms with Crippen molar-refractivity contribution >= 4 is 27.5 Å². The Balaban J connectivity index is 1.82. The number of methoxy groups -OCH3 is 1. The molecular weight excluding hydrogens is 410 g/mol. The number of ether oxygens (including phenoxy) is 1. The van der Waals surface area contributed by atoms with Crippen LogP contribution in [0.15, 0.2) is 63.9 Å². The van der Waals surface area contributed by atoms with Gasteiger partial charge >= 0.3 is 0 Å². The normalized spacial score (nSPS) is 10.5. The van der Waals surface area contributed by atoms with Crippen molar-refractivity contribution in [3.8, 4) is 17.0 Å². The van der Waals surface area contributed by atoms with E-state index in [4.69, 9.17) is 4.74 Å². The van der Waals surface area contributed by atoms with Gasteiger partial charge in [0.1, 0.15) is 12.3 Å².